The molecule has 1 amide bonds. The number of nitrogens with zero attached hydrogens (tertiary/aromatic N) is 1. The Bertz CT molecular complexity index is 798. The van der Waals surface area contributed by atoms with Gasteiger partial charge in [-0.25, -0.2) is 0 Å². The maximum atomic E-state index is 13.0. The van der Waals surface area contributed by atoms with E-state index >= 15 is 0 Å². The van der Waals surface area contributed by atoms with Crippen LogP contribution in [0, 0.1) is 12.3 Å². The molecule has 0 aromatic heterocycles. The Labute approximate surface area is 155 Å². The zero-order chi connectivity index (χ0) is 18.1. The van der Waals surface area contributed by atoms with Crippen molar-refractivity contribution in [2.24, 2.45) is 5.41 Å². The number of rotatable bonds is 2. The van der Waals surface area contributed by atoms with Crippen LogP contribution in [-0.2, 0) is 0 Å². The van der Waals surface area contributed by atoms with Crippen LogP contribution >= 0.6 is 0 Å². The van der Waals surface area contributed by atoms with Crippen molar-refractivity contribution in [1.82, 2.24) is 4.90 Å². The molecule has 4 rings (SSSR count). The normalized spacial score (nSPS) is 25.6. The third-order valence-electron chi connectivity index (χ3n) is 6.34. The molecule has 1 aliphatic carbocycles. The summed E-state index contributed by atoms with van der Waals surface area (Å²) in [6.45, 7) is 3.61. The molecular formula is C23H27NO2. The van der Waals surface area contributed by atoms with E-state index in [1.807, 2.05) is 41.3 Å². The van der Waals surface area contributed by atoms with Gasteiger partial charge in [0.1, 0.15) is 0 Å². The fraction of sp³-hybridized carbons (Fsp3) is 0.435. The largest absolute Gasteiger partial charge is 0.392 e. The molecule has 2 aliphatic rings. The summed E-state index contributed by atoms with van der Waals surface area (Å²) in [6, 6.07) is 16.3. The van der Waals surface area contributed by atoms with Gasteiger partial charge < -0.3 is 10.0 Å². The Morgan fingerprint density at radius 3 is 2.50 bits per heavy atom. The Morgan fingerprint density at radius 2 is 1.81 bits per heavy atom. The summed E-state index contributed by atoms with van der Waals surface area (Å²) in [5.74, 6) is 0.0968. The summed E-state index contributed by atoms with van der Waals surface area (Å²) in [5, 5.41) is 10.4. The number of benzene rings is 2. The van der Waals surface area contributed by atoms with Gasteiger partial charge in [0.2, 0.25) is 0 Å². The first-order chi connectivity index (χ1) is 12.6. The van der Waals surface area contributed by atoms with E-state index in [9.17, 15) is 9.90 Å². The fourth-order valence-corrected chi connectivity index (χ4v) is 4.80. The lowest BCUT2D eigenvalue weighted by atomic mass is 9.76. The van der Waals surface area contributed by atoms with E-state index in [2.05, 4.69) is 19.1 Å². The number of hydrogen-bond acceptors (Lipinski definition) is 2. The van der Waals surface area contributed by atoms with E-state index in [-0.39, 0.29) is 17.4 Å². The van der Waals surface area contributed by atoms with Crippen LogP contribution in [0.15, 0.2) is 48.5 Å². The van der Waals surface area contributed by atoms with Crippen molar-refractivity contribution in [1.29, 1.82) is 0 Å². The molecule has 0 unspecified atom stereocenters. The van der Waals surface area contributed by atoms with Crippen LogP contribution < -0.4 is 0 Å². The highest BCUT2D eigenvalue weighted by atomic mass is 16.3. The molecule has 0 bridgehead atoms. The van der Waals surface area contributed by atoms with Gasteiger partial charge in [0.05, 0.1) is 6.10 Å². The van der Waals surface area contributed by atoms with Crippen LogP contribution in [0.25, 0.3) is 11.1 Å². The monoisotopic (exact) mass is 349 g/mol. The summed E-state index contributed by atoms with van der Waals surface area (Å²) in [7, 11) is 0. The second kappa shape index (κ2) is 6.88. The van der Waals surface area contributed by atoms with E-state index in [1.54, 1.807) is 0 Å². The smallest absolute Gasteiger partial charge is 0.253 e. The van der Waals surface area contributed by atoms with Crippen molar-refractivity contribution in [2.45, 2.75) is 45.1 Å². The Balaban J connectivity index is 1.52. The Morgan fingerprint density at radius 1 is 1.08 bits per heavy atom. The first kappa shape index (κ1) is 17.3. The first-order valence-electron chi connectivity index (χ1n) is 9.72. The minimum absolute atomic E-state index is 0.0605. The molecule has 2 fully saturated rings. The molecule has 3 heteroatoms. The molecule has 1 aliphatic heterocycles. The lowest BCUT2D eigenvalue weighted by Crippen LogP contribution is -2.49. The van der Waals surface area contributed by atoms with Gasteiger partial charge in [-0.15, -0.1) is 0 Å². The number of piperidine rings is 1. The number of amides is 1. The number of carbonyl (C=O) groups excluding carboxylic acids is 1. The first-order valence-corrected chi connectivity index (χ1v) is 9.72. The Kier molecular flexibility index (Phi) is 4.58. The Hall–Kier alpha value is -2.13. The standard InChI is InChI=1S/C23H27NO2/c1-17-6-2-3-7-20(17)18-9-11-19(12-10-18)22(26)24-15-5-14-23(16-24)13-4-8-21(23)25/h2-3,6-7,9-12,21,25H,4-5,8,13-16H2,1H3/t21-,23-/m1/s1. The molecule has 1 N–H and O–H groups in total. The second-order valence-corrected chi connectivity index (χ2v) is 7.99. The number of hydrogen-bond donors (Lipinski definition) is 1. The molecule has 1 saturated carbocycles. The highest BCUT2D eigenvalue weighted by Gasteiger charge is 2.45. The number of aliphatic hydroxyl groups excluding tert-OH is 1. The average Bonchev–Trinajstić information content (AvgIpc) is 3.01. The molecule has 2 atom stereocenters. The van der Waals surface area contributed by atoms with Gasteiger partial charge in [0.15, 0.2) is 0 Å². The predicted molar refractivity (Wildman–Crippen MR) is 104 cm³/mol. The molecule has 0 radical (unpaired) electrons. The van der Waals surface area contributed by atoms with Crippen molar-refractivity contribution in [3.8, 4) is 11.1 Å². The SMILES string of the molecule is Cc1ccccc1-c1ccc(C(=O)N2CCC[C@]3(CCC[C@H]3O)C2)cc1. The van der Waals surface area contributed by atoms with Gasteiger partial charge in [-0.05, 0) is 61.4 Å². The molecule has 3 nitrogen and oxygen atoms in total. The van der Waals surface area contributed by atoms with Crippen LogP contribution in [0.4, 0.5) is 0 Å². The van der Waals surface area contributed by atoms with Gasteiger partial charge in [0, 0.05) is 24.1 Å². The van der Waals surface area contributed by atoms with Gasteiger partial charge in [-0.1, -0.05) is 42.8 Å². The number of aryl methyl sites for hydroxylation is 1. The molecule has 1 heterocycles. The summed E-state index contributed by atoms with van der Waals surface area (Å²) >= 11 is 0. The molecule has 26 heavy (non-hydrogen) atoms. The van der Waals surface area contributed by atoms with Crippen molar-refractivity contribution in [2.75, 3.05) is 13.1 Å². The highest BCUT2D eigenvalue weighted by molar-refractivity contribution is 5.95. The van der Waals surface area contributed by atoms with Crippen molar-refractivity contribution >= 4 is 5.91 Å². The maximum absolute atomic E-state index is 13.0. The topological polar surface area (TPSA) is 40.5 Å². The molecule has 1 spiro atoms. The number of likely N-dealkylation sites (tertiary alicyclic amines) is 1. The summed E-state index contributed by atoms with van der Waals surface area (Å²) in [5.41, 5.74) is 4.26. The summed E-state index contributed by atoms with van der Waals surface area (Å²) in [4.78, 5) is 15.0. The zero-order valence-corrected chi connectivity index (χ0v) is 15.4. The number of carbonyl (C=O) groups is 1. The van der Waals surface area contributed by atoms with Crippen LogP contribution in [-0.4, -0.2) is 35.1 Å². The van der Waals surface area contributed by atoms with Crippen molar-refractivity contribution in [3.63, 3.8) is 0 Å². The minimum Gasteiger partial charge on any atom is -0.392 e. The average molecular weight is 349 g/mol. The molecule has 2 aromatic carbocycles. The van der Waals surface area contributed by atoms with Crippen LogP contribution in [0.5, 0.6) is 0 Å². The molecule has 1 saturated heterocycles. The van der Waals surface area contributed by atoms with E-state index in [0.29, 0.717) is 6.54 Å². The second-order valence-electron chi connectivity index (χ2n) is 7.99. The molecular weight excluding hydrogens is 322 g/mol. The van der Waals surface area contributed by atoms with Crippen LogP contribution in [0.1, 0.15) is 48.0 Å². The van der Waals surface area contributed by atoms with Crippen molar-refractivity contribution in [3.05, 3.63) is 59.7 Å². The number of aliphatic hydroxyl groups is 1. The molecule has 2 aromatic rings. The lowest BCUT2D eigenvalue weighted by Gasteiger charge is -2.42. The van der Waals surface area contributed by atoms with E-state index in [0.717, 1.165) is 49.8 Å². The zero-order valence-electron chi connectivity index (χ0n) is 15.4. The van der Waals surface area contributed by atoms with Crippen LogP contribution in [0.3, 0.4) is 0 Å². The minimum atomic E-state index is -0.249. The van der Waals surface area contributed by atoms with Crippen LogP contribution in [0.2, 0.25) is 0 Å². The van der Waals surface area contributed by atoms with E-state index in [4.69, 9.17) is 0 Å². The maximum Gasteiger partial charge on any atom is 0.253 e. The predicted octanol–water partition coefficient (Wildman–Crippen LogP) is 4.43. The van der Waals surface area contributed by atoms with Crippen molar-refractivity contribution < 1.29 is 9.90 Å². The third-order valence-corrected chi connectivity index (χ3v) is 6.34. The van der Waals surface area contributed by atoms with Gasteiger partial charge in [0.25, 0.3) is 5.91 Å². The lowest BCUT2D eigenvalue weighted by molar-refractivity contribution is -0.00535. The van der Waals surface area contributed by atoms with E-state index < -0.39 is 0 Å². The summed E-state index contributed by atoms with van der Waals surface area (Å²) in [6.07, 6.45) is 4.79. The van der Waals surface area contributed by atoms with E-state index in [1.165, 1.54) is 11.1 Å². The van der Waals surface area contributed by atoms with Gasteiger partial charge in [-0.3, -0.25) is 4.79 Å². The quantitative estimate of drug-likeness (QED) is 0.871. The third kappa shape index (κ3) is 3.05. The van der Waals surface area contributed by atoms with Gasteiger partial charge >= 0.3 is 0 Å². The summed E-state index contributed by atoms with van der Waals surface area (Å²) < 4.78 is 0. The fourth-order valence-electron chi connectivity index (χ4n) is 4.80. The van der Waals surface area contributed by atoms with Gasteiger partial charge in [-0.2, -0.15) is 0 Å². The highest BCUT2D eigenvalue weighted by Crippen LogP contribution is 2.45. The molecule has 136 valence electrons.